The third-order valence-corrected chi connectivity index (χ3v) is 5.60. The van der Waals surface area contributed by atoms with E-state index in [0.717, 1.165) is 12.8 Å². The molecule has 1 aromatic carbocycles. The molecule has 0 aliphatic carbocycles. The zero-order valence-electron chi connectivity index (χ0n) is 13.5. The molecule has 1 aromatic rings. The van der Waals surface area contributed by atoms with Gasteiger partial charge < -0.3 is 11.1 Å². The van der Waals surface area contributed by atoms with Crippen LogP contribution in [0.2, 0.25) is 0 Å². The average Bonchev–Trinajstić information content (AvgIpc) is 2.43. The Hall–Kier alpha value is -0.540. The Morgan fingerprint density at radius 3 is 2.20 bits per heavy atom. The van der Waals surface area contributed by atoms with Gasteiger partial charge in [-0.15, -0.1) is 0 Å². The van der Waals surface area contributed by atoms with Crippen molar-refractivity contribution < 1.29 is 0 Å². The lowest BCUT2D eigenvalue weighted by atomic mass is 9.84. The highest BCUT2D eigenvalue weighted by atomic mass is 79.9. The summed E-state index contributed by atoms with van der Waals surface area (Å²) >= 11 is 3.63. The van der Waals surface area contributed by atoms with E-state index in [2.05, 4.69) is 68.0 Å². The van der Waals surface area contributed by atoms with E-state index in [4.69, 9.17) is 5.73 Å². The molecule has 2 unspecified atom stereocenters. The molecular weight excluding hydrogens is 312 g/mol. The van der Waals surface area contributed by atoms with E-state index in [1.54, 1.807) is 0 Å². The molecule has 0 aliphatic heterocycles. The molecule has 3 N–H and O–H groups in total. The summed E-state index contributed by atoms with van der Waals surface area (Å²) in [6.07, 6.45) is 3.36. The standard InChI is InChI=1S/C17H29BrN2/c1-6-12(3)10-17(7-2,11-19)20-15-8-13(4)16(18)14(5)9-15/h8-9,12,20H,6-7,10-11,19H2,1-5H3. The molecule has 0 spiro atoms. The van der Waals surface area contributed by atoms with Crippen molar-refractivity contribution in [3.8, 4) is 0 Å². The van der Waals surface area contributed by atoms with Gasteiger partial charge in [0.1, 0.15) is 0 Å². The number of halogens is 1. The van der Waals surface area contributed by atoms with Gasteiger partial charge in [0.15, 0.2) is 0 Å². The Bertz CT molecular complexity index is 416. The number of anilines is 1. The van der Waals surface area contributed by atoms with Crippen molar-refractivity contribution in [1.82, 2.24) is 0 Å². The molecule has 0 heterocycles. The first kappa shape index (κ1) is 17.5. The van der Waals surface area contributed by atoms with Gasteiger partial charge in [0, 0.05) is 22.2 Å². The average molecular weight is 341 g/mol. The molecule has 0 aromatic heterocycles. The zero-order valence-corrected chi connectivity index (χ0v) is 15.1. The van der Waals surface area contributed by atoms with Gasteiger partial charge in [0.2, 0.25) is 0 Å². The number of hydrogen-bond donors (Lipinski definition) is 2. The highest BCUT2D eigenvalue weighted by Gasteiger charge is 2.28. The topological polar surface area (TPSA) is 38.0 Å². The van der Waals surface area contributed by atoms with Crippen LogP contribution in [0.3, 0.4) is 0 Å². The monoisotopic (exact) mass is 340 g/mol. The summed E-state index contributed by atoms with van der Waals surface area (Å²) < 4.78 is 1.19. The van der Waals surface area contributed by atoms with Gasteiger partial charge in [0.05, 0.1) is 0 Å². The summed E-state index contributed by atoms with van der Waals surface area (Å²) in [5.41, 5.74) is 9.81. The van der Waals surface area contributed by atoms with Gasteiger partial charge in [-0.25, -0.2) is 0 Å². The first-order valence-electron chi connectivity index (χ1n) is 7.62. The van der Waals surface area contributed by atoms with Crippen molar-refractivity contribution in [2.24, 2.45) is 11.7 Å². The lowest BCUT2D eigenvalue weighted by molar-refractivity contribution is 0.346. The number of nitrogens with one attached hydrogen (secondary N) is 1. The number of benzene rings is 1. The Morgan fingerprint density at radius 2 is 1.80 bits per heavy atom. The maximum atomic E-state index is 6.10. The lowest BCUT2D eigenvalue weighted by Crippen LogP contribution is -2.46. The molecule has 0 aliphatic rings. The summed E-state index contributed by atoms with van der Waals surface area (Å²) in [5, 5.41) is 3.72. The molecule has 1 rings (SSSR count). The van der Waals surface area contributed by atoms with Gasteiger partial charge in [0.25, 0.3) is 0 Å². The van der Waals surface area contributed by atoms with Gasteiger partial charge in [-0.2, -0.15) is 0 Å². The molecule has 0 radical (unpaired) electrons. The van der Waals surface area contributed by atoms with Crippen molar-refractivity contribution in [1.29, 1.82) is 0 Å². The van der Waals surface area contributed by atoms with Crippen LogP contribution in [0.15, 0.2) is 16.6 Å². The predicted octanol–water partition coefficient (Wildman–Crippen LogP) is 5.02. The van der Waals surface area contributed by atoms with E-state index in [-0.39, 0.29) is 5.54 Å². The van der Waals surface area contributed by atoms with E-state index in [1.165, 1.54) is 27.7 Å². The van der Waals surface area contributed by atoms with Crippen molar-refractivity contribution in [3.05, 3.63) is 27.7 Å². The highest BCUT2D eigenvalue weighted by Crippen LogP contribution is 2.30. The normalized spacial score (nSPS) is 15.8. The number of hydrogen-bond acceptors (Lipinski definition) is 2. The first-order chi connectivity index (χ1) is 9.37. The SMILES string of the molecule is CCC(C)CC(CC)(CN)Nc1cc(C)c(Br)c(C)c1. The summed E-state index contributed by atoms with van der Waals surface area (Å²) in [7, 11) is 0. The third-order valence-electron chi connectivity index (χ3n) is 4.35. The molecule has 0 saturated heterocycles. The number of nitrogens with two attached hydrogens (primary N) is 1. The van der Waals surface area contributed by atoms with Crippen LogP contribution >= 0.6 is 15.9 Å². The van der Waals surface area contributed by atoms with Crippen LogP contribution in [0, 0.1) is 19.8 Å². The molecule has 0 amide bonds. The molecule has 0 saturated carbocycles. The van der Waals surface area contributed by atoms with Crippen LogP contribution in [0.5, 0.6) is 0 Å². The lowest BCUT2D eigenvalue weighted by Gasteiger charge is -2.36. The van der Waals surface area contributed by atoms with E-state index in [1.807, 2.05) is 0 Å². The van der Waals surface area contributed by atoms with Crippen LogP contribution in [0.4, 0.5) is 5.69 Å². The fraction of sp³-hybridized carbons (Fsp3) is 0.647. The van der Waals surface area contributed by atoms with E-state index < -0.39 is 0 Å². The highest BCUT2D eigenvalue weighted by molar-refractivity contribution is 9.10. The van der Waals surface area contributed by atoms with Crippen molar-refractivity contribution >= 4 is 21.6 Å². The Kier molecular flexibility index (Phi) is 6.53. The van der Waals surface area contributed by atoms with Gasteiger partial charge in [-0.05, 0) is 55.9 Å². The van der Waals surface area contributed by atoms with Crippen LogP contribution in [0.25, 0.3) is 0 Å². The molecule has 20 heavy (non-hydrogen) atoms. The quantitative estimate of drug-likeness (QED) is 0.731. The molecule has 0 fully saturated rings. The van der Waals surface area contributed by atoms with Crippen LogP contribution in [0.1, 0.15) is 51.2 Å². The summed E-state index contributed by atoms with van der Waals surface area (Å²) in [6.45, 7) is 11.7. The smallest absolute Gasteiger partial charge is 0.0495 e. The molecular formula is C17H29BrN2. The second-order valence-electron chi connectivity index (χ2n) is 6.10. The zero-order chi connectivity index (χ0) is 15.3. The molecule has 0 bridgehead atoms. The van der Waals surface area contributed by atoms with Gasteiger partial charge >= 0.3 is 0 Å². The van der Waals surface area contributed by atoms with Crippen LogP contribution < -0.4 is 11.1 Å². The van der Waals surface area contributed by atoms with Crippen molar-refractivity contribution in [2.75, 3.05) is 11.9 Å². The van der Waals surface area contributed by atoms with Gasteiger partial charge in [-0.1, -0.05) is 43.1 Å². The molecule has 3 heteroatoms. The van der Waals surface area contributed by atoms with Crippen molar-refractivity contribution in [3.63, 3.8) is 0 Å². The maximum absolute atomic E-state index is 6.10. The third kappa shape index (κ3) is 4.23. The van der Waals surface area contributed by atoms with Crippen LogP contribution in [-0.4, -0.2) is 12.1 Å². The van der Waals surface area contributed by atoms with E-state index >= 15 is 0 Å². The fourth-order valence-electron chi connectivity index (χ4n) is 2.70. The van der Waals surface area contributed by atoms with Crippen molar-refractivity contribution in [2.45, 2.75) is 59.4 Å². The van der Waals surface area contributed by atoms with Crippen LogP contribution in [-0.2, 0) is 0 Å². The first-order valence-corrected chi connectivity index (χ1v) is 8.41. The largest absolute Gasteiger partial charge is 0.378 e. The maximum Gasteiger partial charge on any atom is 0.0495 e. The summed E-state index contributed by atoms with van der Waals surface area (Å²) in [4.78, 5) is 0. The minimum atomic E-state index is 0.00212. The van der Waals surface area contributed by atoms with Gasteiger partial charge in [-0.3, -0.25) is 0 Å². The minimum Gasteiger partial charge on any atom is -0.378 e. The Labute approximate surface area is 132 Å². The second kappa shape index (κ2) is 7.46. The number of rotatable bonds is 7. The minimum absolute atomic E-state index is 0.00212. The van der Waals surface area contributed by atoms with E-state index in [9.17, 15) is 0 Å². The fourth-order valence-corrected chi connectivity index (χ4v) is 2.93. The Balaban J connectivity index is 3.01. The molecule has 2 nitrogen and oxygen atoms in total. The molecule has 114 valence electrons. The second-order valence-corrected chi connectivity index (χ2v) is 6.90. The predicted molar refractivity (Wildman–Crippen MR) is 93.4 cm³/mol. The molecule has 2 atom stereocenters. The Morgan fingerprint density at radius 1 is 1.25 bits per heavy atom. The summed E-state index contributed by atoms with van der Waals surface area (Å²) in [6, 6.07) is 4.40. The summed E-state index contributed by atoms with van der Waals surface area (Å²) in [5.74, 6) is 0.684. The number of aryl methyl sites for hydroxylation is 2. The van der Waals surface area contributed by atoms with E-state index in [0.29, 0.717) is 12.5 Å².